The Labute approximate surface area is 159 Å². The van der Waals surface area contributed by atoms with Crippen LogP contribution in [0.15, 0.2) is 42.7 Å². The molecule has 2 aromatic rings. The van der Waals surface area contributed by atoms with Gasteiger partial charge in [-0.05, 0) is 42.7 Å². The summed E-state index contributed by atoms with van der Waals surface area (Å²) in [4.78, 5) is 30.8. The van der Waals surface area contributed by atoms with Crippen LogP contribution in [-0.2, 0) is 4.79 Å². The molecular weight excluding hydrogens is 342 g/mol. The monoisotopic (exact) mass is 367 g/mol. The third-order valence-electron chi connectivity index (χ3n) is 4.88. The van der Waals surface area contributed by atoms with Crippen molar-refractivity contribution < 1.29 is 9.59 Å². The van der Waals surface area contributed by atoms with Gasteiger partial charge in [-0.1, -0.05) is 18.2 Å². The summed E-state index contributed by atoms with van der Waals surface area (Å²) in [5, 5.41) is 8.52. The minimum Gasteiger partial charge on any atom is -0.314 e. The van der Waals surface area contributed by atoms with Gasteiger partial charge in [-0.3, -0.25) is 20.0 Å². The summed E-state index contributed by atoms with van der Waals surface area (Å²) in [6.07, 6.45) is 3.55. The molecule has 1 unspecified atom stereocenters. The number of piperazine rings is 1. The van der Waals surface area contributed by atoms with Crippen molar-refractivity contribution in [1.29, 1.82) is 0 Å². The zero-order valence-electron chi connectivity index (χ0n) is 15.7. The van der Waals surface area contributed by atoms with Gasteiger partial charge < -0.3 is 10.6 Å². The number of anilines is 1. The van der Waals surface area contributed by atoms with Gasteiger partial charge >= 0.3 is 6.03 Å². The van der Waals surface area contributed by atoms with Crippen LogP contribution in [0.2, 0.25) is 0 Å². The molecule has 0 spiro atoms. The van der Waals surface area contributed by atoms with Crippen LogP contribution in [0.3, 0.4) is 0 Å². The highest BCUT2D eigenvalue weighted by Crippen LogP contribution is 2.21. The minimum absolute atomic E-state index is 0.0558. The number of carbonyl (C=O) groups excluding carboxylic acids is 2. The molecule has 142 valence electrons. The van der Waals surface area contributed by atoms with E-state index >= 15 is 0 Å². The number of aryl methyl sites for hydroxylation is 1. The Balaban J connectivity index is 1.59. The molecular formula is C20H25N5O2. The molecule has 1 aliphatic heterocycles. The number of urea groups is 1. The van der Waals surface area contributed by atoms with Gasteiger partial charge in [-0.15, -0.1) is 0 Å². The Hall–Kier alpha value is -2.77. The average molecular weight is 367 g/mol. The van der Waals surface area contributed by atoms with Crippen LogP contribution < -0.4 is 16.0 Å². The van der Waals surface area contributed by atoms with Crippen LogP contribution in [0.4, 0.5) is 10.5 Å². The van der Waals surface area contributed by atoms with Crippen molar-refractivity contribution >= 4 is 17.6 Å². The number of nitrogens with one attached hydrogen (secondary N) is 3. The lowest BCUT2D eigenvalue weighted by atomic mass is 10.1. The first-order valence-electron chi connectivity index (χ1n) is 9.06. The van der Waals surface area contributed by atoms with E-state index in [1.807, 2.05) is 50.4 Å². The average Bonchev–Trinajstić information content (AvgIpc) is 2.66. The second kappa shape index (κ2) is 8.75. The first kappa shape index (κ1) is 19.0. The van der Waals surface area contributed by atoms with E-state index in [0.717, 1.165) is 36.3 Å². The first-order chi connectivity index (χ1) is 13.0. The molecule has 1 atom stereocenters. The second-order valence-electron chi connectivity index (χ2n) is 6.73. The normalized spacial score (nSPS) is 17.3. The second-order valence-corrected chi connectivity index (χ2v) is 6.73. The summed E-state index contributed by atoms with van der Waals surface area (Å²) in [6.45, 7) is 6.35. The number of carbonyl (C=O) groups is 2. The molecule has 7 nitrogen and oxygen atoms in total. The molecule has 1 aliphatic rings. The number of amides is 3. The summed E-state index contributed by atoms with van der Waals surface area (Å²) in [7, 11) is 0. The smallest absolute Gasteiger partial charge is 0.314 e. The number of rotatable bonds is 4. The van der Waals surface area contributed by atoms with Crippen molar-refractivity contribution in [2.45, 2.75) is 19.9 Å². The first-order valence-corrected chi connectivity index (χ1v) is 9.06. The number of pyridine rings is 1. The SMILES string of the molecule is Cc1cccc(NC(=O)NC(=O)CN2CCNCC2c2cccnc2)c1C. The van der Waals surface area contributed by atoms with Crippen LogP contribution in [-0.4, -0.2) is 48.0 Å². The third-order valence-corrected chi connectivity index (χ3v) is 4.88. The molecule has 27 heavy (non-hydrogen) atoms. The highest BCUT2D eigenvalue weighted by molar-refractivity contribution is 6.02. The Kier molecular flexibility index (Phi) is 6.16. The summed E-state index contributed by atoms with van der Waals surface area (Å²) in [5.74, 6) is -0.325. The molecule has 2 heterocycles. The highest BCUT2D eigenvalue weighted by Gasteiger charge is 2.26. The van der Waals surface area contributed by atoms with E-state index in [0.29, 0.717) is 5.69 Å². The topological polar surface area (TPSA) is 86.4 Å². The molecule has 1 aromatic carbocycles. The summed E-state index contributed by atoms with van der Waals surface area (Å²) < 4.78 is 0. The van der Waals surface area contributed by atoms with E-state index < -0.39 is 6.03 Å². The third kappa shape index (κ3) is 4.90. The Morgan fingerprint density at radius 1 is 1.26 bits per heavy atom. The van der Waals surface area contributed by atoms with Crippen LogP contribution in [0, 0.1) is 13.8 Å². The molecule has 0 bridgehead atoms. The highest BCUT2D eigenvalue weighted by atomic mass is 16.2. The van der Waals surface area contributed by atoms with Crippen molar-refractivity contribution in [2.24, 2.45) is 0 Å². The lowest BCUT2D eigenvalue weighted by Gasteiger charge is -2.35. The predicted octanol–water partition coefficient (Wildman–Crippen LogP) is 1.99. The molecule has 1 saturated heterocycles. The van der Waals surface area contributed by atoms with E-state index in [-0.39, 0.29) is 18.5 Å². The molecule has 3 amide bonds. The fourth-order valence-electron chi connectivity index (χ4n) is 3.23. The number of hydrogen-bond donors (Lipinski definition) is 3. The van der Waals surface area contributed by atoms with E-state index in [1.54, 1.807) is 6.20 Å². The predicted molar refractivity (Wildman–Crippen MR) is 104 cm³/mol. The lowest BCUT2D eigenvalue weighted by Crippen LogP contribution is -2.50. The molecule has 0 aliphatic carbocycles. The number of benzene rings is 1. The van der Waals surface area contributed by atoms with E-state index in [9.17, 15) is 9.59 Å². The van der Waals surface area contributed by atoms with Crippen molar-refractivity contribution in [3.05, 3.63) is 59.4 Å². The van der Waals surface area contributed by atoms with Gasteiger partial charge in [0.25, 0.3) is 0 Å². The van der Waals surface area contributed by atoms with E-state index in [2.05, 4.69) is 25.8 Å². The molecule has 1 aromatic heterocycles. The summed E-state index contributed by atoms with van der Waals surface area (Å²) >= 11 is 0. The molecule has 7 heteroatoms. The zero-order chi connectivity index (χ0) is 19.2. The van der Waals surface area contributed by atoms with Gasteiger partial charge in [-0.2, -0.15) is 0 Å². The van der Waals surface area contributed by atoms with Crippen molar-refractivity contribution in [2.75, 3.05) is 31.5 Å². The minimum atomic E-state index is -0.512. The summed E-state index contributed by atoms with van der Waals surface area (Å²) in [6, 6.07) is 9.11. The number of aromatic nitrogens is 1. The quantitative estimate of drug-likeness (QED) is 0.769. The van der Waals surface area contributed by atoms with Crippen molar-refractivity contribution in [1.82, 2.24) is 20.5 Å². The van der Waals surface area contributed by atoms with E-state index in [1.165, 1.54) is 0 Å². The maximum Gasteiger partial charge on any atom is 0.325 e. The Bertz CT molecular complexity index is 809. The van der Waals surface area contributed by atoms with Gasteiger partial charge in [0.2, 0.25) is 5.91 Å². The van der Waals surface area contributed by atoms with E-state index in [4.69, 9.17) is 0 Å². The van der Waals surface area contributed by atoms with Gasteiger partial charge in [0, 0.05) is 43.8 Å². The largest absolute Gasteiger partial charge is 0.325 e. The maximum atomic E-state index is 12.4. The molecule has 0 radical (unpaired) electrons. The summed E-state index contributed by atoms with van der Waals surface area (Å²) in [5.41, 5.74) is 3.83. The molecule has 0 saturated carbocycles. The standard InChI is InChI=1S/C20H25N5O2/c1-14-5-3-7-17(15(14)2)23-20(27)24-19(26)13-25-10-9-22-12-18(25)16-6-4-8-21-11-16/h3-8,11,18,22H,9-10,12-13H2,1-2H3,(H2,23,24,26,27). The fourth-order valence-corrected chi connectivity index (χ4v) is 3.23. The lowest BCUT2D eigenvalue weighted by molar-refractivity contribution is -0.121. The van der Waals surface area contributed by atoms with Crippen LogP contribution in [0.25, 0.3) is 0 Å². The molecule has 3 N–H and O–H groups in total. The van der Waals surface area contributed by atoms with Crippen LogP contribution in [0.1, 0.15) is 22.7 Å². The Morgan fingerprint density at radius 3 is 2.89 bits per heavy atom. The van der Waals surface area contributed by atoms with Gasteiger partial charge in [0.05, 0.1) is 6.54 Å². The van der Waals surface area contributed by atoms with Gasteiger partial charge in [-0.25, -0.2) is 4.79 Å². The molecule has 3 rings (SSSR count). The number of hydrogen-bond acceptors (Lipinski definition) is 5. The van der Waals surface area contributed by atoms with Crippen LogP contribution >= 0.6 is 0 Å². The van der Waals surface area contributed by atoms with Gasteiger partial charge in [0.1, 0.15) is 0 Å². The molecule has 1 fully saturated rings. The Morgan fingerprint density at radius 2 is 2.11 bits per heavy atom. The van der Waals surface area contributed by atoms with Crippen LogP contribution in [0.5, 0.6) is 0 Å². The number of nitrogens with zero attached hydrogens (tertiary/aromatic N) is 2. The zero-order valence-corrected chi connectivity index (χ0v) is 15.7. The van der Waals surface area contributed by atoms with Crippen molar-refractivity contribution in [3.63, 3.8) is 0 Å². The van der Waals surface area contributed by atoms with Crippen molar-refractivity contribution in [3.8, 4) is 0 Å². The number of imide groups is 1. The maximum absolute atomic E-state index is 12.4. The fraction of sp³-hybridized carbons (Fsp3) is 0.350. The van der Waals surface area contributed by atoms with Gasteiger partial charge in [0.15, 0.2) is 0 Å².